The minimum absolute atomic E-state index is 0.0108. The molecule has 0 aliphatic carbocycles. The summed E-state index contributed by atoms with van der Waals surface area (Å²) in [6, 6.07) is 14.3. The second-order valence-electron chi connectivity index (χ2n) is 10.4. The number of hydrogen-bond acceptors (Lipinski definition) is 5. The molecular formula is C28H33F3N4O4. The van der Waals surface area contributed by atoms with Crippen LogP contribution in [0.5, 0.6) is 5.75 Å². The topological polar surface area (TPSA) is 91.0 Å². The Bertz CT molecular complexity index is 1160. The first-order valence-electron chi connectivity index (χ1n) is 13.0. The van der Waals surface area contributed by atoms with Crippen molar-refractivity contribution < 1.29 is 32.3 Å². The molecule has 0 bridgehead atoms. The summed E-state index contributed by atoms with van der Waals surface area (Å²) in [6.07, 6.45) is -3.20. The van der Waals surface area contributed by atoms with Crippen LogP contribution in [-0.4, -0.2) is 59.2 Å². The predicted octanol–water partition coefficient (Wildman–Crippen LogP) is 4.38. The molecule has 2 N–H and O–H groups in total. The number of benzene rings is 2. The van der Waals surface area contributed by atoms with Gasteiger partial charge < -0.3 is 20.3 Å². The molecule has 2 aliphatic heterocycles. The third-order valence-electron chi connectivity index (χ3n) is 7.23. The summed E-state index contributed by atoms with van der Waals surface area (Å²) in [6.45, 7) is 5.58. The van der Waals surface area contributed by atoms with Crippen LogP contribution in [0.3, 0.4) is 0 Å². The molecule has 0 radical (unpaired) electrons. The van der Waals surface area contributed by atoms with E-state index in [1.807, 2.05) is 44.2 Å². The number of piperidine rings is 1. The van der Waals surface area contributed by atoms with Gasteiger partial charge in [0, 0.05) is 25.6 Å². The van der Waals surface area contributed by atoms with Crippen LogP contribution in [-0.2, 0) is 16.1 Å². The number of likely N-dealkylation sites (tertiary alicyclic amines) is 1. The largest absolute Gasteiger partial charge is 0.573 e. The third-order valence-corrected chi connectivity index (χ3v) is 7.23. The zero-order valence-corrected chi connectivity index (χ0v) is 22.0. The number of ether oxygens (including phenoxy) is 1. The minimum Gasteiger partial charge on any atom is -0.406 e. The number of nitrogens with zero attached hydrogens (tertiary/aromatic N) is 2. The van der Waals surface area contributed by atoms with Gasteiger partial charge in [-0.05, 0) is 42.5 Å². The van der Waals surface area contributed by atoms with E-state index in [0.29, 0.717) is 44.5 Å². The molecule has 11 heteroatoms. The highest BCUT2D eigenvalue weighted by Gasteiger charge is 2.52. The Morgan fingerprint density at radius 1 is 1.05 bits per heavy atom. The van der Waals surface area contributed by atoms with Gasteiger partial charge in [0.2, 0.25) is 5.91 Å². The molecule has 1 unspecified atom stereocenters. The lowest BCUT2D eigenvalue weighted by molar-refractivity contribution is -0.274. The minimum atomic E-state index is -4.79. The Kier molecular flexibility index (Phi) is 8.48. The number of urea groups is 1. The zero-order chi connectivity index (χ0) is 28.2. The highest BCUT2D eigenvalue weighted by Crippen LogP contribution is 2.31. The molecule has 1 spiro atoms. The first-order chi connectivity index (χ1) is 18.5. The molecule has 2 aliphatic rings. The molecule has 0 aromatic heterocycles. The molecule has 0 saturated carbocycles. The van der Waals surface area contributed by atoms with Gasteiger partial charge in [-0.15, -0.1) is 13.2 Å². The maximum Gasteiger partial charge on any atom is 0.573 e. The molecule has 39 heavy (non-hydrogen) atoms. The highest BCUT2D eigenvalue weighted by molar-refractivity contribution is 6.07. The van der Waals surface area contributed by atoms with E-state index in [1.54, 1.807) is 0 Å². The summed E-state index contributed by atoms with van der Waals surface area (Å²) in [5, 5.41) is 5.99. The van der Waals surface area contributed by atoms with Crippen LogP contribution in [0.4, 0.5) is 18.0 Å². The number of carbonyl (C=O) groups is 3. The molecule has 210 valence electrons. The van der Waals surface area contributed by atoms with Crippen molar-refractivity contribution in [3.8, 4) is 5.75 Å². The monoisotopic (exact) mass is 546 g/mol. The van der Waals surface area contributed by atoms with Gasteiger partial charge in [-0.25, -0.2) is 4.79 Å². The van der Waals surface area contributed by atoms with Crippen molar-refractivity contribution in [1.29, 1.82) is 0 Å². The van der Waals surface area contributed by atoms with Crippen molar-refractivity contribution in [2.45, 2.75) is 57.6 Å². The van der Waals surface area contributed by atoms with E-state index in [1.165, 1.54) is 12.1 Å². The van der Waals surface area contributed by atoms with Gasteiger partial charge in [-0.3, -0.25) is 14.5 Å². The van der Waals surface area contributed by atoms with Gasteiger partial charge in [-0.2, -0.15) is 0 Å². The molecule has 2 fully saturated rings. The fraction of sp³-hybridized carbons (Fsp3) is 0.464. The van der Waals surface area contributed by atoms with E-state index in [-0.39, 0.29) is 36.1 Å². The fourth-order valence-electron chi connectivity index (χ4n) is 4.95. The standard InChI is InChI=1S/C28H33F3N4O4/c1-19(2)24(36)32-23(21-6-4-3-5-7-21)12-15-34-16-13-27(14-17-34)25(37)35(26(38)33-27)18-20-8-10-22(11-9-20)39-28(29,30)31/h3-11,19,23H,12-18H2,1-2H3,(H,32,36)(H,33,38). The van der Waals surface area contributed by atoms with Gasteiger partial charge in [0.05, 0.1) is 12.6 Å². The first-order valence-corrected chi connectivity index (χ1v) is 13.0. The molecule has 2 aromatic carbocycles. The quantitative estimate of drug-likeness (QED) is 0.456. The number of carbonyl (C=O) groups excluding carboxylic acids is 3. The summed E-state index contributed by atoms with van der Waals surface area (Å²) in [7, 11) is 0. The molecule has 4 rings (SSSR count). The van der Waals surface area contributed by atoms with Gasteiger partial charge in [0.1, 0.15) is 11.3 Å². The zero-order valence-electron chi connectivity index (χ0n) is 22.0. The van der Waals surface area contributed by atoms with Crippen molar-refractivity contribution in [1.82, 2.24) is 20.4 Å². The molecule has 2 heterocycles. The van der Waals surface area contributed by atoms with E-state index < -0.39 is 17.9 Å². The SMILES string of the molecule is CC(C)C(=O)NC(CCN1CCC2(CC1)NC(=O)N(Cc1ccc(OC(F)(F)F)cc1)C2=O)c1ccccc1. The first kappa shape index (κ1) is 28.4. The average molecular weight is 547 g/mol. The maximum absolute atomic E-state index is 13.3. The number of amides is 4. The summed E-state index contributed by atoms with van der Waals surface area (Å²) >= 11 is 0. The van der Waals surface area contributed by atoms with E-state index >= 15 is 0 Å². The van der Waals surface area contributed by atoms with Gasteiger partial charge >= 0.3 is 12.4 Å². The highest BCUT2D eigenvalue weighted by atomic mass is 19.4. The average Bonchev–Trinajstić information content (AvgIpc) is 3.12. The maximum atomic E-state index is 13.3. The number of imide groups is 1. The van der Waals surface area contributed by atoms with Gasteiger partial charge in [0.25, 0.3) is 5.91 Å². The Morgan fingerprint density at radius 3 is 2.28 bits per heavy atom. The molecular weight excluding hydrogens is 513 g/mol. The lowest BCUT2D eigenvalue weighted by atomic mass is 9.87. The Hall–Kier alpha value is -3.60. The van der Waals surface area contributed by atoms with Crippen molar-refractivity contribution in [3.05, 3.63) is 65.7 Å². The molecule has 8 nitrogen and oxygen atoms in total. The van der Waals surface area contributed by atoms with E-state index in [4.69, 9.17) is 0 Å². The van der Waals surface area contributed by atoms with Crippen LogP contribution in [0.1, 0.15) is 50.3 Å². The van der Waals surface area contributed by atoms with E-state index in [0.717, 1.165) is 22.6 Å². The lowest BCUT2D eigenvalue weighted by Gasteiger charge is -2.37. The van der Waals surface area contributed by atoms with Crippen LogP contribution in [0.25, 0.3) is 0 Å². The second kappa shape index (κ2) is 11.6. The van der Waals surface area contributed by atoms with Gasteiger partial charge in [-0.1, -0.05) is 56.3 Å². The van der Waals surface area contributed by atoms with Crippen LogP contribution in [0, 0.1) is 5.92 Å². The lowest BCUT2D eigenvalue weighted by Crippen LogP contribution is -2.55. The molecule has 4 amide bonds. The van der Waals surface area contributed by atoms with Crippen LogP contribution >= 0.6 is 0 Å². The summed E-state index contributed by atoms with van der Waals surface area (Å²) in [5.41, 5.74) is 0.558. The molecule has 1 atom stereocenters. The van der Waals surface area contributed by atoms with E-state index in [9.17, 15) is 27.6 Å². The summed E-state index contributed by atoms with van der Waals surface area (Å²) in [5.74, 6) is -0.833. The van der Waals surface area contributed by atoms with Crippen LogP contribution in [0.2, 0.25) is 0 Å². The number of alkyl halides is 3. The van der Waals surface area contributed by atoms with Crippen molar-refractivity contribution in [2.75, 3.05) is 19.6 Å². The van der Waals surface area contributed by atoms with Crippen LogP contribution in [0.15, 0.2) is 54.6 Å². The number of rotatable bonds is 9. The second-order valence-corrected chi connectivity index (χ2v) is 10.4. The third kappa shape index (κ3) is 7.08. The van der Waals surface area contributed by atoms with Gasteiger partial charge in [0.15, 0.2) is 0 Å². The summed E-state index contributed by atoms with van der Waals surface area (Å²) < 4.78 is 41.1. The van der Waals surface area contributed by atoms with Crippen molar-refractivity contribution in [3.63, 3.8) is 0 Å². The molecule has 2 saturated heterocycles. The predicted molar refractivity (Wildman–Crippen MR) is 137 cm³/mol. The molecule has 2 aromatic rings. The smallest absolute Gasteiger partial charge is 0.406 e. The Labute approximate surface area is 225 Å². The number of halogens is 3. The number of hydrogen-bond donors (Lipinski definition) is 2. The van der Waals surface area contributed by atoms with Crippen molar-refractivity contribution in [2.24, 2.45) is 5.92 Å². The Morgan fingerprint density at radius 2 is 1.69 bits per heavy atom. The fourth-order valence-corrected chi connectivity index (χ4v) is 4.95. The number of nitrogens with one attached hydrogen (secondary N) is 2. The van der Waals surface area contributed by atoms with Crippen LogP contribution < -0.4 is 15.4 Å². The van der Waals surface area contributed by atoms with Crippen molar-refractivity contribution >= 4 is 17.8 Å². The Balaban J connectivity index is 1.33. The van der Waals surface area contributed by atoms with E-state index in [2.05, 4.69) is 20.3 Å². The summed E-state index contributed by atoms with van der Waals surface area (Å²) in [4.78, 5) is 41.7. The normalized spacial score (nSPS) is 18.4.